The summed E-state index contributed by atoms with van der Waals surface area (Å²) in [4.78, 5) is 23.9. The summed E-state index contributed by atoms with van der Waals surface area (Å²) in [6.45, 7) is 2.91. The van der Waals surface area contributed by atoms with Gasteiger partial charge in [-0.05, 0) is 69.5 Å². The second-order valence-corrected chi connectivity index (χ2v) is 9.67. The molecule has 2 fully saturated rings. The molecule has 5 rings (SSSR count). The highest BCUT2D eigenvalue weighted by Crippen LogP contribution is 2.36. The van der Waals surface area contributed by atoms with Gasteiger partial charge in [0.2, 0.25) is 5.91 Å². The summed E-state index contributed by atoms with van der Waals surface area (Å²) in [5, 5.41) is 6.85. The van der Waals surface area contributed by atoms with Gasteiger partial charge in [0.05, 0.1) is 22.3 Å². The lowest BCUT2D eigenvalue weighted by Gasteiger charge is -2.27. The summed E-state index contributed by atoms with van der Waals surface area (Å²) < 4.78 is 19.8. The van der Waals surface area contributed by atoms with Crippen LogP contribution in [0.2, 0.25) is 5.02 Å². The maximum Gasteiger partial charge on any atom is 0.248 e. The molecule has 188 valence electrons. The van der Waals surface area contributed by atoms with Crippen molar-refractivity contribution in [3.8, 4) is 5.75 Å². The van der Waals surface area contributed by atoms with Crippen LogP contribution >= 0.6 is 11.6 Å². The molecule has 0 spiro atoms. The number of hydrogen-bond donors (Lipinski definition) is 2. The Morgan fingerprint density at radius 1 is 1.14 bits per heavy atom. The molecule has 1 aliphatic carbocycles. The number of ether oxygens (including phenoxy) is 1. The number of fused-ring (bicyclic) bond motifs is 1. The zero-order chi connectivity index (χ0) is 24.9. The Labute approximate surface area is 214 Å². The maximum absolute atomic E-state index is 13.6. The smallest absolute Gasteiger partial charge is 0.248 e. The molecule has 9 heteroatoms. The van der Waals surface area contributed by atoms with Gasteiger partial charge in [-0.25, -0.2) is 14.4 Å². The number of carbonyl (C=O) groups is 1. The fraction of sp³-hybridized carbons (Fsp3) is 0.370. The Bertz CT molecular complexity index is 1270. The zero-order valence-electron chi connectivity index (χ0n) is 20.0. The van der Waals surface area contributed by atoms with Crippen LogP contribution in [0.3, 0.4) is 0 Å². The molecular formula is C27H29ClFN5O2. The topological polar surface area (TPSA) is 79.4 Å². The summed E-state index contributed by atoms with van der Waals surface area (Å²) in [5.41, 5.74) is 1.80. The van der Waals surface area contributed by atoms with Crippen molar-refractivity contribution in [2.24, 2.45) is 0 Å². The van der Waals surface area contributed by atoms with Gasteiger partial charge in [-0.15, -0.1) is 0 Å². The monoisotopic (exact) mass is 509 g/mol. The van der Waals surface area contributed by atoms with Gasteiger partial charge in [-0.3, -0.25) is 9.69 Å². The number of rotatable bonds is 8. The number of likely N-dealkylation sites (tertiary alicyclic amines) is 1. The standard InChI is InChI=1S/C27H29ClFN5O2/c28-21-14-18(9-10-22(21)29)32-27-20-15-24(33-26(35)8-5-13-34-11-2-1-3-12-34)25(36-19-6-4-7-19)16-23(20)30-17-31-27/h5,8-10,14-17,19H,1-4,6-7,11-13H2,(H,33,35)(H,30,31,32). The second kappa shape index (κ2) is 11.2. The molecular weight excluding hydrogens is 481 g/mol. The minimum Gasteiger partial charge on any atom is -0.488 e. The lowest BCUT2D eigenvalue weighted by atomic mass is 9.96. The fourth-order valence-electron chi connectivity index (χ4n) is 4.38. The van der Waals surface area contributed by atoms with Crippen molar-refractivity contribution in [3.05, 3.63) is 59.7 Å². The molecule has 1 saturated heterocycles. The van der Waals surface area contributed by atoms with Crippen LogP contribution in [0.4, 0.5) is 21.6 Å². The van der Waals surface area contributed by atoms with Crippen molar-refractivity contribution in [3.63, 3.8) is 0 Å². The molecule has 3 aromatic rings. The maximum atomic E-state index is 13.6. The van der Waals surface area contributed by atoms with Crippen LogP contribution in [-0.4, -0.2) is 46.5 Å². The molecule has 0 unspecified atom stereocenters. The molecule has 0 atom stereocenters. The highest BCUT2D eigenvalue weighted by atomic mass is 35.5. The summed E-state index contributed by atoms with van der Waals surface area (Å²) in [5.74, 6) is 0.376. The third-order valence-electron chi connectivity index (χ3n) is 6.60. The highest BCUT2D eigenvalue weighted by molar-refractivity contribution is 6.31. The van der Waals surface area contributed by atoms with E-state index in [9.17, 15) is 9.18 Å². The van der Waals surface area contributed by atoms with E-state index in [0.29, 0.717) is 33.8 Å². The van der Waals surface area contributed by atoms with Crippen LogP contribution in [0.1, 0.15) is 38.5 Å². The summed E-state index contributed by atoms with van der Waals surface area (Å²) in [7, 11) is 0. The third kappa shape index (κ3) is 5.94. The van der Waals surface area contributed by atoms with Crippen molar-refractivity contribution in [2.75, 3.05) is 30.3 Å². The molecule has 2 aliphatic rings. The quantitative estimate of drug-likeness (QED) is 0.358. The van der Waals surface area contributed by atoms with Gasteiger partial charge >= 0.3 is 0 Å². The van der Waals surface area contributed by atoms with Crippen molar-refractivity contribution in [1.29, 1.82) is 0 Å². The molecule has 0 bridgehead atoms. The Morgan fingerprint density at radius 3 is 2.72 bits per heavy atom. The van der Waals surface area contributed by atoms with E-state index in [-0.39, 0.29) is 17.0 Å². The number of benzene rings is 2. The van der Waals surface area contributed by atoms with Gasteiger partial charge in [0, 0.05) is 29.8 Å². The summed E-state index contributed by atoms with van der Waals surface area (Å²) >= 11 is 5.94. The third-order valence-corrected chi connectivity index (χ3v) is 6.89. The first kappa shape index (κ1) is 24.5. The minimum atomic E-state index is -0.495. The second-order valence-electron chi connectivity index (χ2n) is 9.27. The predicted octanol–water partition coefficient (Wildman–Crippen LogP) is 6.08. The number of aromatic nitrogens is 2. The number of anilines is 3. The van der Waals surface area contributed by atoms with Crippen LogP contribution in [0.25, 0.3) is 10.9 Å². The molecule has 7 nitrogen and oxygen atoms in total. The van der Waals surface area contributed by atoms with Crippen molar-refractivity contribution >= 4 is 45.6 Å². The Hall–Kier alpha value is -3.23. The van der Waals surface area contributed by atoms with Gasteiger partial charge in [-0.2, -0.15) is 0 Å². The van der Waals surface area contributed by atoms with Crippen LogP contribution in [0.5, 0.6) is 5.75 Å². The Balaban J connectivity index is 1.39. The number of amides is 1. The first-order valence-electron chi connectivity index (χ1n) is 12.4. The first-order chi connectivity index (χ1) is 17.5. The number of halogens is 2. The van der Waals surface area contributed by atoms with E-state index in [4.69, 9.17) is 16.3 Å². The first-order valence-corrected chi connectivity index (χ1v) is 12.8. The molecule has 36 heavy (non-hydrogen) atoms. The molecule has 2 aromatic carbocycles. The van der Waals surface area contributed by atoms with E-state index in [2.05, 4.69) is 25.5 Å². The number of hydrogen-bond acceptors (Lipinski definition) is 6. The number of carbonyl (C=O) groups excluding carboxylic acids is 1. The van der Waals surface area contributed by atoms with E-state index < -0.39 is 5.82 Å². The molecule has 1 aliphatic heterocycles. The average Bonchev–Trinajstić information content (AvgIpc) is 2.85. The predicted molar refractivity (Wildman–Crippen MR) is 141 cm³/mol. The SMILES string of the molecule is O=C(C=CCN1CCCCC1)Nc1cc2c(Nc3ccc(F)c(Cl)c3)ncnc2cc1OC1CCC1. The Morgan fingerprint density at radius 2 is 1.97 bits per heavy atom. The molecule has 1 aromatic heterocycles. The summed E-state index contributed by atoms with van der Waals surface area (Å²) in [6, 6.07) is 8.01. The van der Waals surface area contributed by atoms with E-state index in [1.54, 1.807) is 12.1 Å². The minimum absolute atomic E-state index is 0.0128. The molecule has 2 heterocycles. The van der Waals surface area contributed by atoms with Gasteiger partial charge in [0.15, 0.2) is 0 Å². The van der Waals surface area contributed by atoms with Gasteiger partial charge < -0.3 is 15.4 Å². The lowest BCUT2D eigenvalue weighted by molar-refractivity contribution is -0.111. The van der Waals surface area contributed by atoms with Crippen molar-refractivity contribution in [1.82, 2.24) is 14.9 Å². The van der Waals surface area contributed by atoms with Crippen LogP contribution in [-0.2, 0) is 4.79 Å². The van der Waals surface area contributed by atoms with Gasteiger partial charge in [0.1, 0.15) is 23.7 Å². The van der Waals surface area contributed by atoms with Gasteiger partial charge in [-0.1, -0.05) is 24.1 Å². The molecule has 1 amide bonds. The number of piperidine rings is 1. The van der Waals surface area contributed by atoms with E-state index in [1.165, 1.54) is 37.7 Å². The summed E-state index contributed by atoms with van der Waals surface area (Å²) in [6.07, 6.45) is 11.9. The lowest BCUT2D eigenvalue weighted by Crippen LogP contribution is -2.29. The molecule has 1 saturated carbocycles. The van der Waals surface area contributed by atoms with Crippen LogP contribution < -0.4 is 15.4 Å². The van der Waals surface area contributed by atoms with Crippen molar-refractivity contribution < 1.29 is 13.9 Å². The fourth-order valence-corrected chi connectivity index (χ4v) is 4.56. The molecule has 0 radical (unpaired) electrons. The van der Waals surface area contributed by atoms with E-state index in [1.807, 2.05) is 18.2 Å². The van der Waals surface area contributed by atoms with E-state index in [0.717, 1.165) is 38.9 Å². The zero-order valence-corrected chi connectivity index (χ0v) is 20.7. The normalized spacial score (nSPS) is 16.7. The average molecular weight is 510 g/mol. The van der Waals surface area contributed by atoms with Gasteiger partial charge in [0.25, 0.3) is 0 Å². The van der Waals surface area contributed by atoms with Crippen LogP contribution in [0, 0.1) is 5.82 Å². The van der Waals surface area contributed by atoms with Crippen LogP contribution in [0.15, 0.2) is 48.8 Å². The Kier molecular flexibility index (Phi) is 7.63. The van der Waals surface area contributed by atoms with Crippen molar-refractivity contribution in [2.45, 2.75) is 44.6 Å². The number of nitrogens with zero attached hydrogens (tertiary/aromatic N) is 3. The highest BCUT2D eigenvalue weighted by Gasteiger charge is 2.22. The number of nitrogens with one attached hydrogen (secondary N) is 2. The largest absolute Gasteiger partial charge is 0.488 e. The van der Waals surface area contributed by atoms with E-state index >= 15 is 0 Å². The molecule has 2 N–H and O–H groups in total.